The molecule has 0 radical (unpaired) electrons. The maximum atomic E-state index is 5.93. The van der Waals surface area contributed by atoms with Crippen molar-refractivity contribution in [2.75, 3.05) is 19.8 Å². The molecule has 0 fully saturated rings. The summed E-state index contributed by atoms with van der Waals surface area (Å²) >= 11 is 0. The minimum atomic E-state index is -0.380. The van der Waals surface area contributed by atoms with Crippen LogP contribution in [0.2, 0.25) is 0 Å². The fraction of sp³-hybridized carbons (Fsp3) is 1.00. The molecule has 2 unspecified atom stereocenters. The van der Waals surface area contributed by atoms with E-state index in [9.17, 15) is 0 Å². The molecule has 0 aromatic heterocycles. The third kappa shape index (κ3) is 11.4. The second-order valence-corrected chi connectivity index (χ2v) is 8.75. The van der Waals surface area contributed by atoms with Gasteiger partial charge >= 0.3 is 0 Å². The average molecular weight is 347 g/mol. The summed E-state index contributed by atoms with van der Waals surface area (Å²) in [5.74, 6) is 0. The first-order valence-electron chi connectivity index (χ1n) is 9.64. The van der Waals surface area contributed by atoms with Gasteiger partial charge in [0.05, 0.1) is 6.61 Å². The lowest BCUT2D eigenvalue weighted by molar-refractivity contribution is -0.429. The Morgan fingerprint density at radius 2 is 1.33 bits per heavy atom. The largest absolute Gasteiger partial charge is 0.379 e. The van der Waals surface area contributed by atoms with Crippen LogP contribution in [0.1, 0.15) is 87.5 Å². The number of ether oxygens (including phenoxy) is 2. The first kappa shape index (κ1) is 23.8. The monoisotopic (exact) mass is 346 g/mol. The summed E-state index contributed by atoms with van der Waals surface area (Å²) in [6.07, 6.45) is 5.11. The van der Waals surface area contributed by atoms with Crippen LogP contribution in [0.4, 0.5) is 0 Å². The number of hydrogen-bond acceptors (Lipinski definition) is 4. The van der Waals surface area contributed by atoms with Gasteiger partial charge < -0.3 is 9.47 Å². The van der Waals surface area contributed by atoms with E-state index in [4.69, 9.17) is 19.2 Å². The maximum Gasteiger partial charge on any atom is 0.196 e. The van der Waals surface area contributed by atoms with Crippen LogP contribution in [-0.4, -0.2) is 32.2 Å². The van der Waals surface area contributed by atoms with Gasteiger partial charge in [0.25, 0.3) is 0 Å². The second-order valence-electron chi connectivity index (χ2n) is 8.75. The zero-order valence-corrected chi connectivity index (χ0v) is 17.4. The first-order valence-corrected chi connectivity index (χ1v) is 9.64. The Morgan fingerprint density at radius 1 is 0.708 bits per heavy atom. The Balaban J connectivity index is 4.50. The molecular weight excluding hydrogens is 304 g/mol. The minimum absolute atomic E-state index is 0.0587. The van der Waals surface area contributed by atoms with Crippen molar-refractivity contribution in [3.05, 3.63) is 0 Å². The topological polar surface area (TPSA) is 36.9 Å². The summed E-state index contributed by atoms with van der Waals surface area (Å²) < 4.78 is 11.7. The molecule has 4 heteroatoms. The van der Waals surface area contributed by atoms with E-state index in [0.717, 1.165) is 25.9 Å². The molecule has 0 spiro atoms. The molecule has 0 amide bonds. The molecule has 0 saturated heterocycles. The molecule has 0 rings (SSSR count). The fourth-order valence-electron chi connectivity index (χ4n) is 1.94. The van der Waals surface area contributed by atoms with E-state index >= 15 is 0 Å². The Labute approximate surface area is 150 Å². The van der Waals surface area contributed by atoms with E-state index in [0.29, 0.717) is 13.2 Å². The standard InChI is InChI=1S/C20H42O4/c1-9-11-13-15-22-18(20(6,7)8)24-23-17(19(3,4)5)16-21-14-12-10-2/h17-18H,9-16H2,1-8H3. The van der Waals surface area contributed by atoms with Crippen molar-refractivity contribution in [3.8, 4) is 0 Å². The van der Waals surface area contributed by atoms with Gasteiger partial charge in [-0.1, -0.05) is 74.7 Å². The Morgan fingerprint density at radius 3 is 1.83 bits per heavy atom. The van der Waals surface area contributed by atoms with Crippen LogP contribution in [0.3, 0.4) is 0 Å². The summed E-state index contributed by atoms with van der Waals surface area (Å²) in [6, 6.07) is 0. The molecule has 0 aromatic carbocycles. The van der Waals surface area contributed by atoms with Crippen LogP contribution in [0.25, 0.3) is 0 Å². The maximum absolute atomic E-state index is 5.93. The van der Waals surface area contributed by atoms with E-state index in [2.05, 4.69) is 55.4 Å². The highest BCUT2D eigenvalue weighted by Gasteiger charge is 2.32. The van der Waals surface area contributed by atoms with Crippen LogP contribution in [0.5, 0.6) is 0 Å². The van der Waals surface area contributed by atoms with Crippen molar-refractivity contribution in [1.82, 2.24) is 0 Å². The minimum Gasteiger partial charge on any atom is -0.379 e. The summed E-state index contributed by atoms with van der Waals surface area (Å²) in [6.45, 7) is 19.1. The number of unbranched alkanes of at least 4 members (excludes halogenated alkanes) is 3. The molecule has 24 heavy (non-hydrogen) atoms. The first-order chi connectivity index (χ1) is 11.1. The van der Waals surface area contributed by atoms with Crippen LogP contribution in [-0.2, 0) is 19.2 Å². The van der Waals surface area contributed by atoms with Crippen LogP contribution in [0.15, 0.2) is 0 Å². The molecule has 0 heterocycles. The van der Waals surface area contributed by atoms with Crippen LogP contribution in [0, 0.1) is 10.8 Å². The van der Waals surface area contributed by atoms with Gasteiger partial charge in [-0.3, -0.25) is 0 Å². The predicted octanol–water partition coefficient (Wildman–Crippen LogP) is 5.75. The van der Waals surface area contributed by atoms with Gasteiger partial charge in [0.15, 0.2) is 6.29 Å². The van der Waals surface area contributed by atoms with Crippen molar-refractivity contribution in [3.63, 3.8) is 0 Å². The highest BCUT2D eigenvalue weighted by Crippen LogP contribution is 2.28. The van der Waals surface area contributed by atoms with Gasteiger partial charge in [-0.2, -0.15) is 0 Å². The molecule has 4 nitrogen and oxygen atoms in total. The van der Waals surface area contributed by atoms with Crippen molar-refractivity contribution in [2.24, 2.45) is 10.8 Å². The normalized spacial score (nSPS) is 15.5. The molecule has 146 valence electrons. The highest BCUT2D eigenvalue weighted by molar-refractivity contribution is 4.73. The summed E-state index contributed by atoms with van der Waals surface area (Å²) in [5, 5.41) is 0. The lowest BCUT2D eigenvalue weighted by Gasteiger charge is -2.34. The van der Waals surface area contributed by atoms with E-state index in [1.54, 1.807) is 0 Å². The highest BCUT2D eigenvalue weighted by atomic mass is 17.2. The molecule has 0 aliphatic rings. The quantitative estimate of drug-likeness (QED) is 0.184. The summed E-state index contributed by atoms with van der Waals surface area (Å²) in [4.78, 5) is 11.5. The zero-order chi connectivity index (χ0) is 18.6. The number of hydrogen-bond donors (Lipinski definition) is 0. The summed E-state index contributed by atoms with van der Waals surface area (Å²) in [7, 11) is 0. The van der Waals surface area contributed by atoms with Gasteiger partial charge in [0.1, 0.15) is 6.10 Å². The molecule has 2 atom stereocenters. The number of rotatable bonds is 13. The van der Waals surface area contributed by atoms with Crippen molar-refractivity contribution in [2.45, 2.75) is 99.9 Å². The molecule has 0 aliphatic carbocycles. The molecule has 0 bridgehead atoms. The SMILES string of the molecule is CCCCCOC(OOC(COCCCC)C(C)(C)C)C(C)(C)C. The predicted molar refractivity (Wildman–Crippen MR) is 99.9 cm³/mol. The van der Waals surface area contributed by atoms with Gasteiger partial charge in [-0.25, -0.2) is 9.78 Å². The molecular formula is C20H42O4. The van der Waals surface area contributed by atoms with E-state index in [-0.39, 0.29) is 23.2 Å². The van der Waals surface area contributed by atoms with E-state index in [1.165, 1.54) is 12.8 Å². The molecule has 0 saturated carbocycles. The van der Waals surface area contributed by atoms with Crippen molar-refractivity contribution < 1.29 is 19.2 Å². The Bertz CT molecular complexity index is 261. The van der Waals surface area contributed by atoms with E-state index in [1.807, 2.05) is 0 Å². The summed E-state index contributed by atoms with van der Waals surface area (Å²) in [5.41, 5.74) is -0.200. The van der Waals surface area contributed by atoms with Crippen molar-refractivity contribution in [1.29, 1.82) is 0 Å². The Kier molecular flexibility index (Phi) is 12.2. The van der Waals surface area contributed by atoms with Crippen LogP contribution < -0.4 is 0 Å². The van der Waals surface area contributed by atoms with Crippen LogP contribution >= 0.6 is 0 Å². The zero-order valence-electron chi connectivity index (χ0n) is 17.4. The average Bonchev–Trinajstić information content (AvgIpc) is 2.45. The van der Waals surface area contributed by atoms with Gasteiger partial charge in [-0.05, 0) is 18.3 Å². The third-order valence-corrected chi connectivity index (χ3v) is 3.86. The molecule has 0 aromatic rings. The lowest BCUT2D eigenvalue weighted by Crippen LogP contribution is -2.39. The van der Waals surface area contributed by atoms with E-state index < -0.39 is 0 Å². The molecule has 0 aliphatic heterocycles. The van der Waals surface area contributed by atoms with Gasteiger partial charge in [0, 0.05) is 18.6 Å². The van der Waals surface area contributed by atoms with Crippen molar-refractivity contribution >= 4 is 0 Å². The Hall–Kier alpha value is -0.160. The van der Waals surface area contributed by atoms with Gasteiger partial charge in [-0.15, -0.1) is 0 Å². The lowest BCUT2D eigenvalue weighted by atomic mass is 9.90. The fourth-order valence-corrected chi connectivity index (χ4v) is 1.94. The third-order valence-electron chi connectivity index (χ3n) is 3.86. The second kappa shape index (κ2) is 12.2. The van der Waals surface area contributed by atoms with Gasteiger partial charge in [0.2, 0.25) is 0 Å². The smallest absolute Gasteiger partial charge is 0.196 e. The molecule has 0 N–H and O–H groups in total.